The maximum Gasteiger partial charge on any atom is 0.262 e. The zero-order chi connectivity index (χ0) is 14.5. The average Bonchev–Trinajstić information content (AvgIpc) is 2.53. The molecule has 4 nitrogen and oxygen atoms in total. The summed E-state index contributed by atoms with van der Waals surface area (Å²) in [6, 6.07) is 1.42. The Labute approximate surface area is 108 Å². The fraction of sp³-hybridized carbons (Fsp3) is 0.385. The summed E-state index contributed by atoms with van der Waals surface area (Å²) >= 11 is 0. The van der Waals surface area contributed by atoms with E-state index >= 15 is 0 Å². The number of aliphatic hydroxyl groups is 1. The van der Waals surface area contributed by atoms with E-state index in [4.69, 9.17) is 0 Å². The van der Waals surface area contributed by atoms with Crippen LogP contribution in [0.15, 0.2) is 12.1 Å². The van der Waals surface area contributed by atoms with Gasteiger partial charge in [-0.1, -0.05) is 0 Å². The summed E-state index contributed by atoms with van der Waals surface area (Å²) < 4.78 is 26.3. The van der Waals surface area contributed by atoms with Crippen LogP contribution < -0.4 is 0 Å². The van der Waals surface area contributed by atoms with Crippen LogP contribution in [0.3, 0.4) is 0 Å². The summed E-state index contributed by atoms with van der Waals surface area (Å²) in [6.45, 7) is 4.45. The third-order valence-electron chi connectivity index (χ3n) is 3.53. The minimum Gasteiger partial charge on any atom is -0.391 e. The van der Waals surface area contributed by atoms with E-state index < -0.39 is 35.1 Å². The SMILES string of the molecule is CC(O)C(C)(C)N1C(=O)c2cc(F)c(F)cc2C1=O. The van der Waals surface area contributed by atoms with Crippen LogP contribution in [0.2, 0.25) is 0 Å². The van der Waals surface area contributed by atoms with Crippen molar-refractivity contribution in [2.24, 2.45) is 0 Å². The van der Waals surface area contributed by atoms with Crippen molar-refractivity contribution in [2.45, 2.75) is 32.4 Å². The first kappa shape index (κ1) is 13.6. The Balaban J connectivity index is 2.57. The van der Waals surface area contributed by atoms with Gasteiger partial charge < -0.3 is 5.11 Å². The molecule has 1 aliphatic rings. The molecule has 6 heteroatoms. The number of imide groups is 1. The summed E-state index contributed by atoms with van der Waals surface area (Å²) in [5, 5.41) is 9.67. The van der Waals surface area contributed by atoms with Gasteiger partial charge in [0, 0.05) is 0 Å². The van der Waals surface area contributed by atoms with E-state index in [1.165, 1.54) is 20.8 Å². The average molecular weight is 269 g/mol. The fourth-order valence-corrected chi connectivity index (χ4v) is 1.94. The molecule has 0 saturated heterocycles. The molecule has 102 valence electrons. The Kier molecular flexibility index (Phi) is 2.93. The van der Waals surface area contributed by atoms with E-state index in [2.05, 4.69) is 0 Å². The number of rotatable bonds is 2. The molecule has 19 heavy (non-hydrogen) atoms. The number of amides is 2. The normalized spacial score (nSPS) is 16.8. The van der Waals surface area contributed by atoms with Gasteiger partial charge >= 0.3 is 0 Å². The number of hydrogen-bond acceptors (Lipinski definition) is 3. The van der Waals surface area contributed by atoms with E-state index in [1.807, 2.05) is 0 Å². The second kappa shape index (κ2) is 4.09. The van der Waals surface area contributed by atoms with Crippen molar-refractivity contribution < 1.29 is 23.5 Å². The van der Waals surface area contributed by atoms with Crippen molar-refractivity contribution in [1.29, 1.82) is 0 Å². The van der Waals surface area contributed by atoms with Gasteiger partial charge in [-0.05, 0) is 32.9 Å². The van der Waals surface area contributed by atoms with Crippen LogP contribution in [0.5, 0.6) is 0 Å². The van der Waals surface area contributed by atoms with E-state index in [0.29, 0.717) is 12.1 Å². The number of benzene rings is 1. The molecule has 0 saturated carbocycles. The van der Waals surface area contributed by atoms with Crippen molar-refractivity contribution in [3.63, 3.8) is 0 Å². The second-order valence-corrected chi connectivity index (χ2v) is 5.09. The molecule has 0 radical (unpaired) electrons. The van der Waals surface area contributed by atoms with Crippen molar-refractivity contribution in [3.8, 4) is 0 Å². The summed E-state index contributed by atoms with van der Waals surface area (Å²) in [4.78, 5) is 25.1. The minimum absolute atomic E-state index is 0.183. The van der Waals surface area contributed by atoms with Gasteiger partial charge in [-0.2, -0.15) is 0 Å². The number of nitrogens with zero attached hydrogens (tertiary/aromatic N) is 1. The molecule has 1 aromatic carbocycles. The molecule has 1 N–H and O–H groups in total. The molecule has 1 atom stereocenters. The lowest BCUT2D eigenvalue weighted by atomic mass is 9.96. The van der Waals surface area contributed by atoms with Crippen LogP contribution in [0.25, 0.3) is 0 Å². The number of fused-ring (bicyclic) bond motifs is 1. The minimum atomic E-state index is -1.18. The molecule has 0 aromatic heterocycles. The molecule has 1 aromatic rings. The lowest BCUT2D eigenvalue weighted by Gasteiger charge is -2.36. The maximum absolute atomic E-state index is 13.2. The van der Waals surface area contributed by atoms with Gasteiger partial charge in [0.25, 0.3) is 11.8 Å². The predicted molar refractivity (Wildman–Crippen MR) is 62.6 cm³/mol. The summed E-state index contributed by atoms with van der Waals surface area (Å²) in [6.07, 6.45) is -0.982. The Morgan fingerprint density at radius 1 is 1.11 bits per heavy atom. The Bertz CT molecular complexity index is 540. The monoisotopic (exact) mass is 269 g/mol. The van der Waals surface area contributed by atoms with Crippen molar-refractivity contribution in [2.75, 3.05) is 0 Å². The van der Waals surface area contributed by atoms with Gasteiger partial charge in [0.15, 0.2) is 11.6 Å². The molecular formula is C13H13F2NO3. The van der Waals surface area contributed by atoms with E-state index in [1.54, 1.807) is 0 Å². The Morgan fingerprint density at radius 2 is 1.47 bits per heavy atom. The maximum atomic E-state index is 13.2. The van der Waals surface area contributed by atoms with Crippen molar-refractivity contribution in [3.05, 3.63) is 34.9 Å². The first-order valence-electron chi connectivity index (χ1n) is 5.74. The highest BCUT2D eigenvalue weighted by Gasteiger charge is 2.46. The zero-order valence-corrected chi connectivity index (χ0v) is 10.7. The number of carbonyl (C=O) groups is 2. The topological polar surface area (TPSA) is 57.6 Å². The fourth-order valence-electron chi connectivity index (χ4n) is 1.94. The van der Waals surface area contributed by atoms with Crippen LogP contribution in [-0.2, 0) is 0 Å². The van der Waals surface area contributed by atoms with Crippen LogP contribution >= 0.6 is 0 Å². The first-order chi connectivity index (χ1) is 8.67. The summed E-state index contributed by atoms with van der Waals surface area (Å²) in [5.41, 5.74) is -1.53. The smallest absolute Gasteiger partial charge is 0.262 e. The van der Waals surface area contributed by atoms with Gasteiger partial charge in [-0.15, -0.1) is 0 Å². The zero-order valence-electron chi connectivity index (χ0n) is 10.7. The lowest BCUT2D eigenvalue weighted by molar-refractivity contribution is 0.0103. The molecule has 1 aliphatic heterocycles. The first-order valence-corrected chi connectivity index (χ1v) is 5.74. The Hall–Kier alpha value is -1.82. The number of halogens is 2. The molecule has 2 amide bonds. The standard InChI is InChI=1S/C13H13F2NO3/c1-6(17)13(2,3)16-11(18)7-4-9(14)10(15)5-8(7)12(16)19/h4-6,17H,1-3H3. The molecule has 1 heterocycles. The van der Waals surface area contributed by atoms with Crippen LogP contribution in [-0.4, -0.2) is 33.5 Å². The third-order valence-corrected chi connectivity index (χ3v) is 3.53. The molecule has 0 bridgehead atoms. The van der Waals surface area contributed by atoms with E-state index in [-0.39, 0.29) is 11.1 Å². The summed E-state index contributed by atoms with van der Waals surface area (Å²) in [5.74, 6) is -3.83. The number of hydrogen-bond donors (Lipinski definition) is 1. The largest absolute Gasteiger partial charge is 0.391 e. The molecule has 0 aliphatic carbocycles. The lowest BCUT2D eigenvalue weighted by Crippen LogP contribution is -2.54. The highest BCUT2D eigenvalue weighted by molar-refractivity contribution is 6.21. The molecule has 0 spiro atoms. The van der Waals surface area contributed by atoms with Crippen LogP contribution in [0.1, 0.15) is 41.5 Å². The van der Waals surface area contributed by atoms with Crippen molar-refractivity contribution >= 4 is 11.8 Å². The highest BCUT2D eigenvalue weighted by atomic mass is 19.2. The molecule has 2 rings (SSSR count). The molecular weight excluding hydrogens is 256 g/mol. The third kappa shape index (κ3) is 1.83. The molecule has 0 fully saturated rings. The quantitative estimate of drug-likeness (QED) is 0.832. The van der Waals surface area contributed by atoms with Gasteiger partial charge in [0.1, 0.15) is 0 Å². The number of aliphatic hydroxyl groups excluding tert-OH is 1. The van der Waals surface area contributed by atoms with Gasteiger partial charge in [-0.25, -0.2) is 8.78 Å². The van der Waals surface area contributed by atoms with Crippen LogP contribution in [0, 0.1) is 11.6 Å². The predicted octanol–water partition coefficient (Wildman–Crippen LogP) is 1.72. The molecule has 1 unspecified atom stereocenters. The van der Waals surface area contributed by atoms with E-state index in [0.717, 1.165) is 4.90 Å². The summed E-state index contributed by atoms with van der Waals surface area (Å²) in [7, 11) is 0. The Morgan fingerprint density at radius 3 is 1.79 bits per heavy atom. The van der Waals surface area contributed by atoms with E-state index in [9.17, 15) is 23.5 Å². The van der Waals surface area contributed by atoms with Gasteiger partial charge in [-0.3, -0.25) is 14.5 Å². The highest BCUT2D eigenvalue weighted by Crippen LogP contribution is 2.32. The van der Waals surface area contributed by atoms with Crippen molar-refractivity contribution in [1.82, 2.24) is 4.90 Å². The van der Waals surface area contributed by atoms with Gasteiger partial charge in [0.05, 0.1) is 22.8 Å². The van der Waals surface area contributed by atoms with Gasteiger partial charge in [0.2, 0.25) is 0 Å². The van der Waals surface area contributed by atoms with Crippen LogP contribution in [0.4, 0.5) is 8.78 Å². The second-order valence-electron chi connectivity index (χ2n) is 5.09. The number of carbonyl (C=O) groups excluding carboxylic acids is 2.